The van der Waals surface area contributed by atoms with Gasteiger partial charge in [0.2, 0.25) is 11.6 Å². The largest absolute Gasteiger partial charge is 0.480 e. The van der Waals surface area contributed by atoms with Crippen LogP contribution in [0.15, 0.2) is 35.4 Å². The van der Waals surface area contributed by atoms with Crippen LogP contribution in [0.4, 0.5) is 17.6 Å². The number of nitriles is 1. The predicted octanol–water partition coefficient (Wildman–Crippen LogP) is 4.63. The van der Waals surface area contributed by atoms with Gasteiger partial charge in [-0.1, -0.05) is 11.6 Å². The van der Waals surface area contributed by atoms with Gasteiger partial charge in [-0.15, -0.1) is 10.2 Å². The second-order valence-electron chi connectivity index (χ2n) is 7.29. The summed E-state index contributed by atoms with van der Waals surface area (Å²) in [6, 6.07) is 6.55. The third-order valence-corrected chi connectivity index (χ3v) is 4.67. The molecule has 1 aromatic carbocycles. The van der Waals surface area contributed by atoms with E-state index in [2.05, 4.69) is 15.2 Å². The van der Waals surface area contributed by atoms with Crippen molar-refractivity contribution < 1.29 is 27.0 Å². The van der Waals surface area contributed by atoms with Crippen molar-refractivity contribution in [3.8, 4) is 23.4 Å². The molecule has 2 aromatic heterocycles. The number of rotatable bonds is 7. The average molecular weight is 498 g/mol. The van der Waals surface area contributed by atoms with Crippen molar-refractivity contribution in [2.45, 2.75) is 32.2 Å². The molecule has 0 bridgehead atoms. The maximum Gasteiger partial charge on any atom is 0.297 e. The molecule has 0 saturated heterocycles. The summed E-state index contributed by atoms with van der Waals surface area (Å²) in [6.07, 6.45) is 0.824. The topological polar surface area (TPSA) is 103 Å². The van der Waals surface area contributed by atoms with Gasteiger partial charge in [0, 0.05) is 24.4 Å². The number of aromatic nitrogens is 4. The van der Waals surface area contributed by atoms with Crippen LogP contribution in [0.2, 0.25) is 5.02 Å². The second-order valence-corrected chi connectivity index (χ2v) is 7.72. The molecule has 0 N–H and O–H groups in total. The highest BCUT2D eigenvalue weighted by Gasteiger charge is 2.34. The van der Waals surface area contributed by atoms with Gasteiger partial charge in [0.25, 0.3) is 17.4 Å². The Labute approximate surface area is 195 Å². The lowest BCUT2D eigenvalue weighted by Crippen LogP contribution is -2.27. The van der Waals surface area contributed by atoms with Gasteiger partial charge in [-0.05, 0) is 24.3 Å². The lowest BCUT2D eigenvalue weighted by Gasteiger charge is -2.17. The molecular formula is C21H16ClF4N5O3. The number of nitrogens with zero attached hydrogens (tertiary/aromatic N) is 5. The molecule has 0 unspecified atom stereocenters. The Morgan fingerprint density at radius 2 is 1.82 bits per heavy atom. The highest BCUT2D eigenvalue weighted by atomic mass is 35.5. The Balaban J connectivity index is 2.13. The number of methoxy groups -OCH3 is 1. The standard InChI is InChI=1S/C21H16ClF4N5O3/c1-20(23,24)15-6-12(18(33-3)30-29-15)9-31-10-28-17(21(2,25)26)16(19(31)32)34-14-5-11(8-27)4-13(22)7-14/h4-7,10H,9H2,1-3H3. The monoisotopic (exact) mass is 497 g/mol. The van der Waals surface area contributed by atoms with Gasteiger partial charge in [0.05, 0.1) is 31.6 Å². The van der Waals surface area contributed by atoms with E-state index in [-0.39, 0.29) is 27.8 Å². The summed E-state index contributed by atoms with van der Waals surface area (Å²) in [7, 11) is 1.22. The zero-order valence-electron chi connectivity index (χ0n) is 17.9. The zero-order valence-corrected chi connectivity index (χ0v) is 18.7. The Kier molecular flexibility index (Phi) is 6.79. The third kappa shape index (κ3) is 5.43. The van der Waals surface area contributed by atoms with Crippen LogP contribution < -0.4 is 15.0 Å². The highest BCUT2D eigenvalue weighted by molar-refractivity contribution is 6.30. The van der Waals surface area contributed by atoms with Crippen molar-refractivity contribution in [2.75, 3.05) is 7.11 Å². The zero-order chi connectivity index (χ0) is 25.3. The summed E-state index contributed by atoms with van der Waals surface area (Å²) in [5, 5.41) is 16.1. The molecular weight excluding hydrogens is 482 g/mol. The van der Waals surface area contributed by atoms with Gasteiger partial charge in [-0.2, -0.15) is 22.8 Å². The van der Waals surface area contributed by atoms with Crippen molar-refractivity contribution in [2.24, 2.45) is 0 Å². The SMILES string of the molecule is COc1nnc(C(C)(F)F)cc1Cn1cnc(C(C)(F)F)c(Oc2cc(Cl)cc(C#N)c2)c1=O. The summed E-state index contributed by atoms with van der Waals surface area (Å²) in [6.45, 7) is 0.722. The number of halogens is 5. The maximum atomic E-state index is 14.2. The van der Waals surface area contributed by atoms with E-state index in [9.17, 15) is 22.4 Å². The molecule has 0 atom stereocenters. The fourth-order valence-corrected chi connectivity index (χ4v) is 3.12. The molecule has 178 valence electrons. The van der Waals surface area contributed by atoms with Crippen molar-refractivity contribution in [1.82, 2.24) is 19.7 Å². The van der Waals surface area contributed by atoms with E-state index >= 15 is 0 Å². The number of hydrogen-bond donors (Lipinski definition) is 0. The predicted molar refractivity (Wildman–Crippen MR) is 112 cm³/mol. The van der Waals surface area contributed by atoms with Gasteiger partial charge in [0.1, 0.15) is 11.4 Å². The van der Waals surface area contributed by atoms with Gasteiger partial charge in [-0.25, -0.2) is 4.98 Å². The molecule has 0 aliphatic carbocycles. The molecule has 13 heteroatoms. The van der Waals surface area contributed by atoms with Crippen LogP contribution in [0.3, 0.4) is 0 Å². The van der Waals surface area contributed by atoms with Crippen LogP contribution in [0.5, 0.6) is 17.4 Å². The van der Waals surface area contributed by atoms with E-state index in [0.717, 1.165) is 17.0 Å². The minimum atomic E-state index is -3.57. The summed E-state index contributed by atoms with van der Waals surface area (Å²) < 4.78 is 67.1. The Hall–Kier alpha value is -3.72. The summed E-state index contributed by atoms with van der Waals surface area (Å²) in [5.74, 6) is -8.03. The van der Waals surface area contributed by atoms with E-state index in [0.29, 0.717) is 13.8 Å². The fraction of sp³-hybridized carbons (Fsp3) is 0.286. The lowest BCUT2D eigenvalue weighted by atomic mass is 10.2. The van der Waals surface area contributed by atoms with E-state index in [4.69, 9.17) is 26.3 Å². The normalized spacial score (nSPS) is 11.7. The van der Waals surface area contributed by atoms with Gasteiger partial charge >= 0.3 is 0 Å². The van der Waals surface area contributed by atoms with Gasteiger partial charge < -0.3 is 9.47 Å². The van der Waals surface area contributed by atoms with Crippen molar-refractivity contribution in [3.05, 3.63) is 68.5 Å². The van der Waals surface area contributed by atoms with Crippen molar-refractivity contribution >= 4 is 11.6 Å². The number of hydrogen-bond acceptors (Lipinski definition) is 7. The van der Waals surface area contributed by atoms with Gasteiger partial charge in [0.15, 0.2) is 5.69 Å². The molecule has 0 aliphatic rings. The smallest absolute Gasteiger partial charge is 0.297 e. The molecule has 3 rings (SSSR count). The van der Waals surface area contributed by atoms with Crippen LogP contribution in [0.1, 0.15) is 36.4 Å². The van der Waals surface area contributed by atoms with Crippen LogP contribution in [0, 0.1) is 11.3 Å². The number of alkyl halides is 4. The molecule has 0 radical (unpaired) electrons. The van der Waals surface area contributed by atoms with Crippen LogP contribution in [-0.2, 0) is 18.4 Å². The lowest BCUT2D eigenvalue weighted by molar-refractivity contribution is 0.00968. The third-order valence-electron chi connectivity index (χ3n) is 4.45. The van der Waals surface area contributed by atoms with E-state index in [1.165, 1.54) is 25.3 Å². The quantitative estimate of drug-likeness (QED) is 0.438. The molecule has 0 aliphatic heterocycles. The molecule has 3 aromatic rings. The van der Waals surface area contributed by atoms with E-state index < -0.39 is 41.1 Å². The minimum Gasteiger partial charge on any atom is -0.480 e. The highest BCUT2D eigenvalue weighted by Crippen LogP contribution is 2.34. The minimum absolute atomic E-state index is 0.0226. The van der Waals surface area contributed by atoms with E-state index in [1.54, 1.807) is 0 Å². The number of benzene rings is 1. The van der Waals surface area contributed by atoms with Crippen LogP contribution in [-0.4, -0.2) is 26.9 Å². The van der Waals surface area contributed by atoms with Crippen LogP contribution >= 0.6 is 11.6 Å². The molecule has 0 amide bonds. The van der Waals surface area contributed by atoms with E-state index in [1.807, 2.05) is 6.07 Å². The summed E-state index contributed by atoms with van der Waals surface area (Å²) >= 11 is 5.92. The summed E-state index contributed by atoms with van der Waals surface area (Å²) in [5.41, 5.74) is -2.60. The molecule has 0 saturated carbocycles. The fourth-order valence-electron chi connectivity index (χ4n) is 2.89. The summed E-state index contributed by atoms with van der Waals surface area (Å²) in [4.78, 5) is 16.8. The molecule has 0 fully saturated rings. The molecule has 2 heterocycles. The molecule has 34 heavy (non-hydrogen) atoms. The van der Waals surface area contributed by atoms with Crippen LogP contribution in [0.25, 0.3) is 0 Å². The van der Waals surface area contributed by atoms with Crippen molar-refractivity contribution in [1.29, 1.82) is 5.26 Å². The second kappa shape index (κ2) is 9.26. The maximum absolute atomic E-state index is 14.2. The first-order valence-corrected chi connectivity index (χ1v) is 9.86. The first-order valence-electron chi connectivity index (χ1n) is 9.48. The first kappa shape index (κ1) is 24.9. The average Bonchev–Trinajstić information content (AvgIpc) is 2.74. The Morgan fingerprint density at radius 3 is 2.41 bits per heavy atom. The number of ether oxygens (including phenoxy) is 2. The van der Waals surface area contributed by atoms with Crippen molar-refractivity contribution in [3.63, 3.8) is 0 Å². The Morgan fingerprint density at radius 1 is 1.12 bits per heavy atom. The Bertz CT molecular complexity index is 1330. The molecule has 8 nitrogen and oxygen atoms in total. The molecule has 0 spiro atoms. The first-order chi connectivity index (χ1) is 15.8. The van der Waals surface area contributed by atoms with Gasteiger partial charge in [-0.3, -0.25) is 9.36 Å².